The highest BCUT2D eigenvalue weighted by Gasteiger charge is 2.14. The minimum atomic E-state index is -0.770. The lowest BCUT2D eigenvalue weighted by Gasteiger charge is -2.11. The smallest absolute Gasteiger partial charge is 0.258 e. The van der Waals surface area contributed by atoms with Gasteiger partial charge in [-0.15, -0.1) is 0 Å². The summed E-state index contributed by atoms with van der Waals surface area (Å²) in [6.07, 6.45) is 0. The molecule has 20 heavy (non-hydrogen) atoms. The topological polar surface area (TPSA) is 55.1 Å². The van der Waals surface area contributed by atoms with Gasteiger partial charge in [0, 0.05) is 11.4 Å². The van der Waals surface area contributed by atoms with E-state index in [1.165, 1.54) is 0 Å². The van der Waals surface area contributed by atoms with Gasteiger partial charge in [-0.25, -0.2) is 8.78 Å². The molecule has 0 unspecified atom stereocenters. The van der Waals surface area contributed by atoms with E-state index in [1.807, 2.05) is 0 Å². The summed E-state index contributed by atoms with van der Waals surface area (Å²) in [5, 5.41) is 2.56. The average molecular weight is 276 g/mol. The molecule has 0 spiro atoms. The van der Waals surface area contributed by atoms with Crippen LogP contribution in [-0.4, -0.2) is 5.91 Å². The van der Waals surface area contributed by atoms with Gasteiger partial charge in [0.1, 0.15) is 11.6 Å². The highest BCUT2D eigenvalue weighted by molar-refractivity contribution is 6.05. The maximum absolute atomic E-state index is 13.5. The highest BCUT2D eigenvalue weighted by Crippen LogP contribution is 2.23. The van der Waals surface area contributed by atoms with Crippen molar-refractivity contribution in [3.63, 3.8) is 0 Å². The lowest BCUT2D eigenvalue weighted by Crippen LogP contribution is -2.15. The first-order valence-corrected chi connectivity index (χ1v) is 6.01. The second-order valence-electron chi connectivity index (χ2n) is 4.60. The Kier molecular flexibility index (Phi) is 3.70. The van der Waals surface area contributed by atoms with E-state index in [2.05, 4.69) is 5.32 Å². The molecule has 104 valence electrons. The molecule has 0 aliphatic heterocycles. The lowest BCUT2D eigenvalue weighted by atomic mass is 10.1. The van der Waals surface area contributed by atoms with Gasteiger partial charge in [0.2, 0.25) is 0 Å². The number of anilines is 2. The molecule has 0 heterocycles. The van der Waals surface area contributed by atoms with E-state index in [0.717, 1.165) is 29.3 Å². The molecule has 2 rings (SSSR count). The molecule has 0 saturated carbocycles. The van der Waals surface area contributed by atoms with Crippen molar-refractivity contribution in [1.29, 1.82) is 0 Å². The first kappa shape index (κ1) is 14.0. The van der Waals surface area contributed by atoms with Crippen molar-refractivity contribution in [2.24, 2.45) is 0 Å². The number of hydrogen-bond acceptors (Lipinski definition) is 2. The Labute approximate surface area is 115 Å². The Morgan fingerprint density at radius 2 is 1.80 bits per heavy atom. The minimum absolute atomic E-state index is 0.334. The second-order valence-corrected chi connectivity index (χ2v) is 4.60. The van der Waals surface area contributed by atoms with Crippen LogP contribution < -0.4 is 11.1 Å². The number of nitrogen functional groups attached to an aromatic ring is 1. The van der Waals surface area contributed by atoms with Gasteiger partial charge in [0.25, 0.3) is 5.91 Å². The Hall–Kier alpha value is -2.43. The van der Waals surface area contributed by atoms with Crippen molar-refractivity contribution in [3.8, 4) is 0 Å². The Morgan fingerprint density at radius 3 is 2.50 bits per heavy atom. The number of hydrogen-bond donors (Lipinski definition) is 2. The molecule has 0 bridgehead atoms. The van der Waals surface area contributed by atoms with E-state index in [-0.39, 0.29) is 5.56 Å². The zero-order valence-electron chi connectivity index (χ0n) is 11.1. The van der Waals surface area contributed by atoms with Crippen molar-refractivity contribution in [2.45, 2.75) is 13.8 Å². The fourth-order valence-corrected chi connectivity index (χ4v) is 1.83. The van der Waals surface area contributed by atoms with Crippen LogP contribution in [0.1, 0.15) is 21.5 Å². The number of aryl methyl sites for hydroxylation is 2. The van der Waals surface area contributed by atoms with Gasteiger partial charge in [0.15, 0.2) is 0 Å². The standard InChI is InChI=1S/C15H14F2N2O/c1-8-6-14(9(2)5-13(8)18)19-15(20)11-7-10(16)3-4-12(11)17/h3-7H,18H2,1-2H3,(H,19,20). The van der Waals surface area contributed by atoms with E-state index in [0.29, 0.717) is 11.4 Å². The quantitative estimate of drug-likeness (QED) is 0.826. The molecule has 0 aromatic heterocycles. The fraction of sp³-hybridized carbons (Fsp3) is 0.133. The SMILES string of the molecule is Cc1cc(NC(=O)c2cc(F)ccc2F)c(C)cc1N. The van der Waals surface area contributed by atoms with Crippen LogP contribution >= 0.6 is 0 Å². The Balaban J connectivity index is 2.32. The summed E-state index contributed by atoms with van der Waals surface area (Å²) in [5.41, 5.74) is 8.09. The number of nitrogens with two attached hydrogens (primary N) is 1. The molecule has 2 aromatic carbocycles. The van der Waals surface area contributed by atoms with Gasteiger partial charge in [-0.2, -0.15) is 0 Å². The second kappa shape index (κ2) is 5.28. The normalized spacial score (nSPS) is 10.4. The average Bonchev–Trinajstić information content (AvgIpc) is 2.38. The summed E-state index contributed by atoms with van der Waals surface area (Å²) in [5.74, 6) is -2.13. The van der Waals surface area contributed by atoms with Crippen LogP contribution in [0.15, 0.2) is 30.3 Å². The van der Waals surface area contributed by atoms with E-state index >= 15 is 0 Å². The van der Waals surface area contributed by atoms with Crippen LogP contribution in [0, 0.1) is 25.5 Å². The number of rotatable bonds is 2. The van der Waals surface area contributed by atoms with Crippen LogP contribution in [0.4, 0.5) is 20.2 Å². The molecule has 5 heteroatoms. The van der Waals surface area contributed by atoms with Crippen LogP contribution in [0.25, 0.3) is 0 Å². The van der Waals surface area contributed by atoms with Crippen LogP contribution in [0.5, 0.6) is 0 Å². The third-order valence-corrected chi connectivity index (χ3v) is 3.03. The number of amides is 1. The number of benzene rings is 2. The third-order valence-electron chi connectivity index (χ3n) is 3.03. The van der Waals surface area contributed by atoms with Gasteiger partial charge >= 0.3 is 0 Å². The monoisotopic (exact) mass is 276 g/mol. The number of carbonyl (C=O) groups excluding carboxylic acids is 1. The van der Waals surface area contributed by atoms with Crippen LogP contribution in [0.2, 0.25) is 0 Å². The summed E-state index contributed by atoms with van der Waals surface area (Å²) in [7, 11) is 0. The van der Waals surface area contributed by atoms with Crippen LogP contribution in [0.3, 0.4) is 0 Å². The molecule has 0 radical (unpaired) electrons. The molecule has 3 nitrogen and oxygen atoms in total. The van der Waals surface area contributed by atoms with E-state index in [9.17, 15) is 13.6 Å². The maximum Gasteiger partial charge on any atom is 0.258 e. The molecule has 0 aliphatic rings. The van der Waals surface area contributed by atoms with E-state index in [4.69, 9.17) is 5.73 Å². The van der Waals surface area contributed by atoms with Crippen molar-refractivity contribution in [1.82, 2.24) is 0 Å². The molecule has 0 saturated heterocycles. The lowest BCUT2D eigenvalue weighted by molar-refractivity contribution is 0.102. The first-order valence-electron chi connectivity index (χ1n) is 6.01. The molecule has 1 amide bonds. The molecule has 0 aliphatic carbocycles. The maximum atomic E-state index is 13.5. The van der Waals surface area contributed by atoms with Gasteiger partial charge in [0.05, 0.1) is 5.56 Å². The van der Waals surface area contributed by atoms with E-state index < -0.39 is 17.5 Å². The van der Waals surface area contributed by atoms with E-state index in [1.54, 1.807) is 26.0 Å². The fourth-order valence-electron chi connectivity index (χ4n) is 1.83. The van der Waals surface area contributed by atoms with Crippen molar-refractivity contribution in [3.05, 3.63) is 58.7 Å². The molecule has 0 atom stereocenters. The van der Waals surface area contributed by atoms with Crippen molar-refractivity contribution >= 4 is 17.3 Å². The number of carbonyl (C=O) groups is 1. The predicted octanol–water partition coefficient (Wildman–Crippen LogP) is 3.42. The predicted molar refractivity (Wildman–Crippen MR) is 74.6 cm³/mol. The summed E-state index contributed by atoms with van der Waals surface area (Å²) >= 11 is 0. The summed E-state index contributed by atoms with van der Waals surface area (Å²) in [6.45, 7) is 3.57. The molecule has 0 fully saturated rings. The minimum Gasteiger partial charge on any atom is -0.399 e. The van der Waals surface area contributed by atoms with Gasteiger partial charge < -0.3 is 11.1 Å². The molecular formula is C15H14F2N2O. The largest absolute Gasteiger partial charge is 0.399 e. The van der Waals surface area contributed by atoms with Gasteiger partial charge in [-0.1, -0.05) is 0 Å². The summed E-state index contributed by atoms with van der Waals surface area (Å²) in [6, 6.07) is 6.16. The van der Waals surface area contributed by atoms with Gasteiger partial charge in [-0.3, -0.25) is 4.79 Å². The molecule has 3 N–H and O–H groups in total. The van der Waals surface area contributed by atoms with Crippen molar-refractivity contribution < 1.29 is 13.6 Å². The number of nitrogens with one attached hydrogen (secondary N) is 1. The Bertz CT molecular complexity index is 684. The zero-order chi connectivity index (χ0) is 14.9. The highest BCUT2D eigenvalue weighted by atomic mass is 19.1. The Morgan fingerprint density at radius 1 is 1.10 bits per heavy atom. The molecule has 2 aromatic rings. The zero-order valence-corrected chi connectivity index (χ0v) is 11.1. The first-order chi connectivity index (χ1) is 9.38. The third kappa shape index (κ3) is 2.77. The van der Waals surface area contributed by atoms with Crippen molar-refractivity contribution in [2.75, 3.05) is 11.1 Å². The van der Waals surface area contributed by atoms with Gasteiger partial charge in [-0.05, 0) is 55.3 Å². The summed E-state index contributed by atoms with van der Waals surface area (Å²) < 4.78 is 26.6. The molecular weight excluding hydrogens is 262 g/mol. The number of halogens is 2. The van der Waals surface area contributed by atoms with Crippen LogP contribution in [-0.2, 0) is 0 Å². The summed E-state index contributed by atoms with van der Waals surface area (Å²) in [4.78, 5) is 12.0.